The van der Waals surface area contributed by atoms with Gasteiger partial charge in [0, 0.05) is 35.4 Å². The van der Waals surface area contributed by atoms with Gasteiger partial charge in [-0.15, -0.1) is 35.0 Å². The summed E-state index contributed by atoms with van der Waals surface area (Å²) in [6, 6.07) is 16.4. The Kier molecular flexibility index (Phi) is 8.29. The van der Waals surface area contributed by atoms with E-state index in [1.807, 2.05) is 24.3 Å². The fraction of sp³-hybridized carbons (Fsp3) is 0.278. The van der Waals surface area contributed by atoms with Crippen LogP contribution in [0.2, 0.25) is 0 Å². The second-order valence-corrected chi connectivity index (χ2v) is 6.69. The minimum atomic E-state index is 0.583. The van der Waals surface area contributed by atoms with Crippen molar-refractivity contribution in [1.29, 1.82) is 0 Å². The highest BCUT2D eigenvalue weighted by molar-refractivity contribution is 7.98. The van der Waals surface area contributed by atoms with Gasteiger partial charge in [-0.1, -0.05) is 12.1 Å². The largest absolute Gasteiger partial charge is 0.369 e. The number of hydrogen-bond acceptors (Lipinski definition) is 4. The van der Waals surface area contributed by atoms with E-state index in [0.29, 0.717) is 11.8 Å². The second kappa shape index (κ2) is 10.5. The van der Waals surface area contributed by atoms with E-state index < -0.39 is 0 Å². The molecule has 2 aromatic carbocycles. The summed E-state index contributed by atoms with van der Waals surface area (Å²) in [6.45, 7) is 1.57. The van der Waals surface area contributed by atoms with E-state index in [2.05, 4.69) is 45.9 Å². The molecule has 1 N–H and O–H groups in total. The van der Waals surface area contributed by atoms with Crippen molar-refractivity contribution in [2.45, 2.75) is 4.90 Å². The molecule has 0 aromatic heterocycles. The van der Waals surface area contributed by atoms with Crippen molar-refractivity contribution in [1.82, 2.24) is 0 Å². The smallest absolute Gasteiger partial charge is 0.0562 e. The van der Waals surface area contributed by atoms with Gasteiger partial charge in [-0.2, -0.15) is 5.10 Å². The number of alkyl halides is 2. The maximum absolute atomic E-state index is 5.84. The van der Waals surface area contributed by atoms with Crippen LogP contribution in [0.5, 0.6) is 0 Å². The van der Waals surface area contributed by atoms with Gasteiger partial charge in [0.1, 0.15) is 0 Å². The molecule has 0 heterocycles. The lowest BCUT2D eigenvalue weighted by Crippen LogP contribution is -2.27. The first kappa shape index (κ1) is 19.0. The zero-order valence-corrected chi connectivity index (χ0v) is 15.9. The van der Waals surface area contributed by atoms with Gasteiger partial charge in [0.05, 0.1) is 11.9 Å². The van der Waals surface area contributed by atoms with Gasteiger partial charge in [0.2, 0.25) is 0 Å². The van der Waals surface area contributed by atoms with Crippen LogP contribution in [0.3, 0.4) is 0 Å². The van der Waals surface area contributed by atoms with Crippen LogP contribution in [0, 0.1) is 0 Å². The number of rotatable bonds is 9. The van der Waals surface area contributed by atoms with E-state index in [0.717, 1.165) is 30.0 Å². The van der Waals surface area contributed by atoms with Crippen molar-refractivity contribution in [2.24, 2.45) is 5.10 Å². The lowest BCUT2D eigenvalue weighted by Gasteiger charge is -2.22. The minimum Gasteiger partial charge on any atom is -0.369 e. The van der Waals surface area contributed by atoms with Gasteiger partial charge in [-0.3, -0.25) is 5.43 Å². The van der Waals surface area contributed by atoms with Crippen LogP contribution in [-0.2, 0) is 0 Å². The van der Waals surface area contributed by atoms with E-state index in [1.54, 1.807) is 18.0 Å². The molecule has 0 aliphatic rings. The molecule has 24 heavy (non-hydrogen) atoms. The summed E-state index contributed by atoms with van der Waals surface area (Å²) in [5.74, 6) is 1.17. The van der Waals surface area contributed by atoms with E-state index in [-0.39, 0.29) is 0 Å². The first-order chi connectivity index (χ1) is 11.8. The molecule has 0 atom stereocenters. The molecule has 0 radical (unpaired) electrons. The number of nitrogens with zero attached hydrogens (tertiary/aromatic N) is 2. The third-order valence-corrected chi connectivity index (χ3v) is 4.55. The molecule has 0 aliphatic heterocycles. The van der Waals surface area contributed by atoms with Gasteiger partial charge < -0.3 is 4.90 Å². The van der Waals surface area contributed by atoms with E-state index in [9.17, 15) is 0 Å². The van der Waals surface area contributed by atoms with Crippen molar-refractivity contribution < 1.29 is 0 Å². The fourth-order valence-corrected chi connectivity index (χ4v) is 3.01. The number of thioether (sulfide) groups is 1. The van der Waals surface area contributed by atoms with Crippen LogP contribution < -0.4 is 10.3 Å². The zero-order chi connectivity index (χ0) is 17.2. The van der Waals surface area contributed by atoms with Crippen molar-refractivity contribution in [3.63, 3.8) is 0 Å². The Bertz CT molecular complexity index is 624. The Balaban J connectivity index is 1.94. The Morgan fingerprint density at radius 1 is 1.00 bits per heavy atom. The van der Waals surface area contributed by atoms with Crippen LogP contribution in [-0.4, -0.2) is 37.3 Å². The predicted octanol–water partition coefficient (Wildman–Crippen LogP) is 5.14. The standard InChI is InChI=1S/C18H21Cl2N3S/c1-24-18-8-4-16(5-9-18)22-21-14-15-2-6-17(7-3-15)23(12-10-19)13-11-20/h2-9,14,22H,10-13H2,1H3/b21-14+. The van der Waals surface area contributed by atoms with E-state index >= 15 is 0 Å². The van der Waals surface area contributed by atoms with Crippen LogP contribution in [0.15, 0.2) is 58.5 Å². The summed E-state index contributed by atoms with van der Waals surface area (Å²) in [5.41, 5.74) is 6.16. The summed E-state index contributed by atoms with van der Waals surface area (Å²) in [5, 5.41) is 4.28. The molecule has 0 amide bonds. The Labute approximate surface area is 158 Å². The molecule has 0 aliphatic carbocycles. The highest BCUT2D eigenvalue weighted by atomic mass is 35.5. The summed E-state index contributed by atoms with van der Waals surface area (Å²) in [7, 11) is 0. The van der Waals surface area contributed by atoms with Gasteiger partial charge in [0.25, 0.3) is 0 Å². The molecular formula is C18H21Cl2N3S. The fourth-order valence-electron chi connectivity index (χ4n) is 2.19. The number of benzene rings is 2. The van der Waals surface area contributed by atoms with Crippen LogP contribution in [0.4, 0.5) is 11.4 Å². The minimum absolute atomic E-state index is 0.583. The molecule has 0 bridgehead atoms. The highest BCUT2D eigenvalue weighted by Gasteiger charge is 2.04. The first-order valence-electron chi connectivity index (χ1n) is 7.67. The number of halogens is 2. The van der Waals surface area contributed by atoms with Crippen LogP contribution >= 0.6 is 35.0 Å². The molecule has 0 spiro atoms. The van der Waals surface area contributed by atoms with Crippen molar-refractivity contribution in [2.75, 3.05) is 41.4 Å². The highest BCUT2D eigenvalue weighted by Crippen LogP contribution is 2.18. The number of hydrazone groups is 1. The molecular weight excluding hydrogens is 361 g/mol. The second-order valence-electron chi connectivity index (χ2n) is 5.06. The molecule has 2 aromatic rings. The summed E-state index contributed by atoms with van der Waals surface area (Å²) >= 11 is 13.4. The van der Waals surface area contributed by atoms with Gasteiger partial charge in [0.15, 0.2) is 0 Å². The third-order valence-electron chi connectivity index (χ3n) is 3.46. The number of anilines is 2. The monoisotopic (exact) mass is 381 g/mol. The van der Waals surface area contributed by atoms with E-state index in [1.165, 1.54) is 4.90 Å². The van der Waals surface area contributed by atoms with E-state index in [4.69, 9.17) is 23.2 Å². The molecule has 0 saturated heterocycles. The molecule has 0 unspecified atom stereocenters. The molecule has 6 heteroatoms. The SMILES string of the molecule is CSc1ccc(N/N=C/c2ccc(N(CCCl)CCCl)cc2)cc1. The average Bonchev–Trinajstić information content (AvgIpc) is 2.63. The zero-order valence-electron chi connectivity index (χ0n) is 13.6. The maximum Gasteiger partial charge on any atom is 0.0562 e. The van der Waals surface area contributed by atoms with Crippen molar-refractivity contribution >= 4 is 52.6 Å². The molecule has 2 rings (SSSR count). The quantitative estimate of drug-likeness (QED) is 0.282. The van der Waals surface area contributed by atoms with Gasteiger partial charge in [-0.25, -0.2) is 0 Å². The Morgan fingerprint density at radius 3 is 2.17 bits per heavy atom. The lowest BCUT2D eigenvalue weighted by molar-refractivity contribution is 0.874. The van der Waals surface area contributed by atoms with Gasteiger partial charge in [-0.05, 0) is 48.2 Å². The molecule has 3 nitrogen and oxygen atoms in total. The lowest BCUT2D eigenvalue weighted by atomic mass is 10.2. The Hall–Kier alpha value is -1.36. The molecule has 128 valence electrons. The normalized spacial score (nSPS) is 11.0. The topological polar surface area (TPSA) is 27.6 Å². The Morgan fingerprint density at radius 2 is 1.62 bits per heavy atom. The first-order valence-corrected chi connectivity index (χ1v) is 9.96. The molecule has 0 saturated carbocycles. The number of nitrogens with one attached hydrogen (secondary N) is 1. The summed E-state index contributed by atoms with van der Waals surface area (Å²) in [4.78, 5) is 3.41. The summed E-state index contributed by atoms with van der Waals surface area (Å²) < 4.78 is 0. The van der Waals surface area contributed by atoms with Crippen molar-refractivity contribution in [3.8, 4) is 0 Å². The average molecular weight is 382 g/mol. The predicted molar refractivity (Wildman–Crippen MR) is 110 cm³/mol. The van der Waals surface area contributed by atoms with Crippen LogP contribution in [0.1, 0.15) is 5.56 Å². The van der Waals surface area contributed by atoms with Gasteiger partial charge >= 0.3 is 0 Å². The maximum atomic E-state index is 5.84. The third kappa shape index (κ3) is 5.93. The summed E-state index contributed by atoms with van der Waals surface area (Å²) in [6.07, 6.45) is 3.87. The van der Waals surface area contributed by atoms with Crippen LogP contribution in [0.25, 0.3) is 0 Å². The van der Waals surface area contributed by atoms with Crippen molar-refractivity contribution in [3.05, 3.63) is 54.1 Å². The molecule has 0 fully saturated rings. The number of hydrogen-bond donors (Lipinski definition) is 1.